The molecule has 3 nitrogen and oxygen atoms in total. The van der Waals surface area contributed by atoms with Crippen LogP contribution in [0.25, 0.3) is 11.0 Å². The minimum absolute atomic E-state index is 0.00878. The van der Waals surface area contributed by atoms with E-state index in [1.165, 1.54) is 6.07 Å². The highest BCUT2D eigenvalue weighted by Crippen LogP contribution is 2.38. The van der Waals surface area contributed by atoms with Crippen LogP contribution in [0.3, 0.4) is 0 Å². The van der Waals surface area contributed by atoms with Gasteiger partial charge >= 0.3 is 12.4 Å². The van der Waals surface area contributed by atoms with Crippen LogP contribution in [0.2, 0.25) is 0 Å². The minimum atomic E-state index is -4.97. The summed E-state index contributed by atoms with van der Waals surface area (Å²) >= 11 is 0. The van der Waals surface area contributed by atoms with Gasteiger partial charge < -0.3 is 9.84 Å². The second kappa shape index (κ2) is 5.64. The second-order valence-electron chi connectivity index (χ2n) is 5.09. The molecule has 3 aromatic rings. The fourth-order valence-electron chi connectivity index (χ4n) is 2.17. The highest BCUT2D eigenvalue weighted by atomic mass is 19.4. The molecular weight excluding hydrogens is 357 g/mol. The third kappa shape index (κ3) is 3.52. The Kier molecular flexibility index (Phi) is 3.85. The van der Waals surface area contributed by atoms with Crippen LogP contribution in [0.15, 0.2) is 40.9 Å². The van der Waals surface area contributed by atoms with Crippen LogP contribution in [-0.2, 0) is 12.4 Å². The van der Waals surface area contributed by atoms with Crippen LogP contribution < -0.4 is 5.32 Å². The fourth-order valence-corrected chi connectivity index (χ4v) is 2.17. The summed E-state index contributed by atoms with van der Waals surface area (Å²) in [5.74, 6) is -0.768. The van der Waals surface area contributed by atoms with E-state index in [0.29, 0.717) is 12.1 Å². The summed E-state index contributed by atoms with van der Waals surface area (Å²) in [4.78, 5) is 0. The van der Waals surface area contributed by atoms with E-state index in [1.807, 2.05) is 0 Å². The highest BCUT2D eigenvalue weighted by molar-refractivity contribution is 5.89. The molecule has 10 heteroatoms. The molecule has 2 aromatic carbocycles. The molecule has 0 atom stereocenters. The number of halogens is 7. The van der Waals surface area contributed by atoms with Gasteiger partial charge in [0.2, 0.25) is 0 Å². The predicted octanol–water partition coefficient (Wildman–Crippen LogP) is 5.75. The van der Waals surface area contributed by atoms with Crippen LogP contribution in [-0.4, -0.2) is 5.16 Å². The van der Waals surface area contributed by atoms with Crippen LogP contribution in [0.1, 0.15) is 11.1 Å². The fraction of sp³-hybridized carbons (Fsp3) is 0.133. The molecule has 0 aliphatic heterocycles. The van der Waals surface area contributed by atoms with E-state index in [2.05, 4.69) is 10.5 Å². The Bertz CT molecular complexity index is 896. The first-order chi connectivity index (χ1) is 11.5. The monoisotopic (exact) mass is 364 g/mol. The van der Waals surface area contributed by atoms with Gasteiger partial charge in [0.05, 0.1) is 16.5 Å². The number of rotatable bonds is 2. The molecule has 3 rings (SSSR count). The van der Waals surface area contributed by atoms with Crippen molar-refractivity contribution >= 4 is 22.5 Å². The standard InChI is InChI=1S/C15H7F7N2O/c16-9-1-2-11-12(6-9)25-24-13(11)23-10-4-7(14(17,18)19)3-8(5-10)15(20,21)22/h1-6H,(H,23,24). The number of nitrogens with zero attached hydrogens (tertiary/aromatic N) is 1. The van der Waals surface area contributed by atoms with Gasteiger partial charge in [-0.15, -0.1) is 0 Å². The number of aromatic nitrogens is 1. The summed E-state index contributed by atoms with van der Waals surface area (Å²) in [5.41, 5.74) is -3.43. The lowest BCUT2D eigenvalue weighted by molar-refractivity contribution is -0.143. The normalized spacial score (nSPS) is 12.6. The second-order valence-corrected chi connectivity index (χ2v) is 5.09. The molecule has 0 radical (unpaired) electrons. The van der Waals surface area contributed by atoms with Crippen LogP contribution in [0, 0.1) is 5.82 Å². The Morgan fingerprint density at radius 1 is 0.840 bits per heavy atom. The molecule has 1 N–H and O–H groups in total. The van der Waals surface area contributed by atoms with Crippen molar-refractivity contribution in [1.82, 2.24) is 5.16 Å². The molecule has 0 aliphatic carbocycles. The molecular formula is C15H7F7N2O. The lowest BCUT2D eigenvalue weighted by Gasteiger charge is -2.14. The highest BCUT2D eigenvalue weighted by Gasteiger charge is 2.37. The van der Waals surface area contributed by atoms with Crippen molar-refractivity contribution in [2.75, 3.05) is 5.32 Å². The zero-order chi connectivity index (χ0) is 18.4. The zero-order valence-electron chi connectivity index (χ0n) is 12.0. The van der Waals surface area contributed by atoms with Gasteiger partial charge in [0.15, 0.2) is 11.4 Å². The van der Waals surface area contributed by atoms with Crippen molar-refractivity contribution in [1.29, 1.82) is 0 Å². The first-order valence-corrected chi connectivity index (χ1v) is 6.65. The van der Waals surface area contributed by atoms with Gasteiger partial charge in [0.25, 0.3) is 0 Å². The number of alkyl halides is 6. The Morgan fingerprint density at radius 3 is 2.00 bits per heavy atom. The largest absolute Gasteiger partial charge is 0.416 e. The van der Waals surface area contributed by atoms with E-state index >= 15 is 0 Å². The first kappa shape index (κ1) is 17.1. The van der Waals surface area contributed by atoms with Crippen LogP contribution in [0.4, 0.5) is 42.2 Å². The summed E-state index contributed by atoms with van der Waals surface area (Å²) in [7, 11) is 0. The average Bonchev–Trinajstić information content (AvgIpc) is 2.87. The lowest BCUT2D eigenvalue weighted by atomic mass is 10.1. The molecule has 0 aliphatic rings. The molecule has 0 fully saturated rings. The number of hydrogen-bond acceptors (Lipinski definition) is 3. The van der Waals surface area contributed by atoms with Crippen LogP contribution >= 0.6 is 0 Å². The van der Waals surface area contributed by atoms with Crippen molar-refractivity contribution in [2.45, 2.75) is 12.4 Å². The number of fused-ring (bicyclic) bond motifs is 1. The van der Waals surface area contributed by atoms with Gasteiger partial charge in [-0.25, -0.2) is 4.39 Å². The molecule has 25 heavy (non-hydrogen) atoms. The van der Waals surface area contributed by atoms with Crippen molar-refractivity contribution in [2.24, 2.45) is 0 Å². The molecule has 0 saturated carbocycles. The van der Waals surface area contributed by atoms with E-state index in [9.17, 15) is 30.7 Å². The quantitative estimate of drug-likeness (QED) is 0.589. The van der Waals surface area contributed by atoms with Crippen LogP contribution in [0.5, 0.6) is 0 Å². The molecule has 1 heterocycles. The summed E-state index contributed by atoms with van der Waals surface area (Å²) in [5, 5.41) is 6.05. The first-order valence-electron chi connectivity index (χ1n) is 6.65. The van der Waals surface area contributed by atoms with Crippen molar-refractivity contribution in [3.63, 3.8) is 0 Å². The molecule has 0 saturated heterocycles. The van der Waals surface area contributed by atoms with E-state index in [0.717, 1.165) is 12.1 Å². The van der Waals surface area contributed by atoms with Gasteiger partial charge in [-0.1, -0.05) is 5.16 Å². The molecule has 0 spiro atoms. The van der Waals surface area contributed by atoms with Gasteiger partial charge in [-0.3, -0.25) is 0 Å². The topological polar surface area (TPSA) is 38.1 Å². The SMILES string of the molecule is Fc1ccc2c(Nc3cc(C(F)(F)F)cc(C(F)(F)F)c3)noc2c1. The summed E-state index contributed by atoms with van der Waals surface area (Å²) in [6.45, 7) is 0. The molecule has 0 amide bonds. The Balaban J connectivity index is 2.06. The predicted molar refractivity (Wildman–Crippen MR) is 73.7 cm³/mol. The Hall–Kier alpha value is -2.78. The average molecular weight is 364 g/mol. The molecule has 1 aromatic heterocycles. The Labute approximate surface area is 135 Å². The summed E-state index contributed by atoms with van der Waals surface area (Å²) in [6, 6.07) is 4.32. The maximum absolute atomic E-state index is 13.1. The van der Waals surface area contributed by atoms with Gasteiger partial charge in [0.1, 0.15) is 5.82 Å². The maximum atomic E-state index is 13.1. The smallest absolute Gasteiger partial charge is 0.354 e. The van der Waals surface area contributed by atoms with E-state index in [1.54, 1.807) is 0 Å². The van der Waals surface area contributed by atoms with E-state index in [4.69, 9.17) is 4.52 Å². The summed E-state index contributed by atoms with van der Waals surface area (Å²) in [6.07, 6.45) is -9.93. The molecule has 0 bridgehead atoms. The minimum Gasteiger partial charge on any atom is -0.354 e. The third-order valence-electron chi connectivity index (χ3n) is 3.28. The van der Waals surface area contributed by atoms with Gasteiger partial charge in [0, 0.05) is 11.8 Å². The Morgan fingerprint density at radius 2 is 1.44 bits per heavy atom. The molecule has 0 unspecified atom stereocenters. The van der Waals surface area contributed by atoms with Crippen molar-refractivity contribution < 1.29 is 35.3 Å². The van der Waals surface area contributed by atoms with E-state index < -0.39 is 35.0 Å². The number of benzene rings is 2. The summed E-state index contributed by atoms with van der Waals surface area (Å²) < 4.78 is 94.9. The maximum Gasteiger partial charge on any atom is 0.416 e. The molecule has 132 valence electrons. The number of anilines is 2. The zero-order valence-corrected chi connectivity index (χ0v) is 12.0. The third-order valence-corrected chi connectivity index (χ3v) is 3.28. The number of hydrogen-bond donors (Lipinski definition) is 1. The number of nitrogens with one attached hydrogen (secondary N) is 1. The van der Waals surface area contributed by atoms with Crippen molar-refractivity contribution in [3.05, 3.63) is 53.3 Å². The van der Waals surface area contributed by atoms with E-state index in [-0.39, 0.29) is 22.9 Å². The van der Waals surface area contributed by atoms with Gasteiger partial charge in [-0.05, 0) is 30.3 Å². The lowest BCUT2D eigenvalue weighted by Crippen LogP contribution is -2.11. The van der Waals surface area contributed by atoms with Gasteiger partial charge in [-0.2, -0.15) is 26.3 Å². The van der Waals surface area contributed by atoms with Crippen molar-refractivity contribution in [3.8, 4) is 0 Å².